The second-order valence-electron chi connectivity index (χ2n) is 4.53. The number of hydrogen-bond acceptors (Lipinski definition) is 2. The number of halogens is 2. The Morgan fingerprint density at radius 2 is 2.19 bits per heavy atom. The molecule has 1 unspecified atom stereocenters. The standard InChI is InChI=1S/C12H12BrFO2/c1-12(2)10(15)6-11(12)16-9-4-3-7(13)5-8(9)14/h3-5,11H,6H2,1-2H3. The van der Waals surface area contributed by atoms with Crippen molar-refractivity contribution in [2.45, 2.75) is 26.4 Å². The highest BCUT2D eigenvalue weighted by Gasteiger charge is 2.49. The molecule has 0 saturated heterocycles. The lowest BCUT2D eigenvalue weighted by Gasteiger charge is -2.41. The highest BCUT2D eigenvalue weighted by molar-refractivity contribution is 9.10. The van der Waals surface area contributed by atoms with Gasteiger partial charge in [-0.25, -0.2) is 4.39 Å². The van der Waals surface area contributed by atoms with E-state index >= 15 is 0 Å². The second kappa shape index (κ2) is 3.84. The van der Waals surface area contributed by atoms with E-state index in [1.165, 1.54) is 6.07 Å². The van der Waals surface area contributed by atoms with Crippen LogP contribution < -0.4 is 4.74 Å². The van der Waals surface area contributed by atoms with Gasteiger partial charge in [-0.15, -0.1) is 0 Å². The number of hydrogen-bond donors (Lipinski definition) is 0. The number of carbonyl (C=O) groups is 1. The maximum atomic E-state index is 13.5. The minimum atomic E-state index is -0.500. The molecule has 86 valence electrons. The van der Waals surface area contributed by atoms with Crippen LogP contribution in [0.25, 0.3) is 0 Å². The van der Waals surface area contributed by atoms with Crippen molar-refractivity contribution in [3.63, 3.8) is 0 Å². The summed E-state index contributed by atoms with van der Waals surface area (Å²) in [6, 6.07) is 4.63. The van der Waals surface area contributed by atoms with Gasteiger partial charge in [-0.05, 0) is 32.0 Å². The van der Waals surface area contributed by atoms with Crippen molar-refractivity contribution < 1.29 is 13.9 Å². The normalized spacial score (nSPS) is 22.8. The maximum Gasteiger partial charge on any atom is 0.166 e. The fourth-order valence-electron chi connectivity index (χ4n) is 1.65. The van der Waals surface area contributed by atoms with Crippen molar-refractivity contribution in [1.82, 2.24) is 0 Å². The number of carbonyl (C=O) groups excluding carboxylic acids is 1. The topological polar surface area (TPSA) is 26.3 Å². The molecule has 2 nitrogen and oxygen atoms in total. The lowest BCUT2D eigenvalue weighted by Crippen LogP contribution is -2.53. The highest BCUT2D eigenvalue weighted by Crippen LogP contribution is 2.39. The van der Waals surface area contributed by atoms with Gasteiger partial charge >= 0.3 is 0 Å². The fraction of sp³-hybridized carbons (Fsp3) is 0.417. The monoisotopic (exact) mass is 286 g/mol. The predicted molar refractivity (Wildman–Crippen MR) is 61.9 cm³/mol. The van der Waals surface area contributed by atoms with Crippen LogP contribution >= 0.6 is 15.9 Å². The quantitative estimate of drug-likeness (QED) is 0.834. The summed E-state index contributed by atoms with van der Waals surface area (Å²) in [6.45, 7) is 3.64. The molecule has 1 aliphatic rings. The van der Waals surface area contributed by atoms with E-state index in [4.69, 9.17) is 4.74 Å². The molecule has 1 aromatic rings. The number of ketones is 1. The van der Waals surface area contributed by atoms with E-state index in [-0.39, 0.29) is 17.6 Å². The lowest BCUT2D eigenvalue weighted by atomic mass is 9.68. The Balaban J connectivity index is 2.14. The Hall–Kier alpha value is -0.900. The van der Waals surface area contributed by atoms with Crippen LogP contribution in [0.15, 0.2) is 22.7 Å². The molecule has 0 aliphatic heterocycles. The largest absolute Gasteiger partial charge is 0.486 e. The van der Waals surface area contributed by atoms with Gasteiger partial charge < -0.3 is 4.74 Å². The predicted octanol–water partition coefficient (Wildman–Crippen LogP) is 3.33. The maximum absolute atomic E-state index is 13.5. The molecule has 0 amide bonds. The zero-order valence-electron chi connectivity index (χ0n) is 9.09. The van der Waals surface area contributed by atoms with Crippen LogP contribution in [0.4, 0.5) is 4.39 Å². The van der Waals surface area contributed by atoms with E-state index in [0.29, 0.717) is 10.9 Å². The third-order valence-electron chi connectivity index (χ3n) is 3.06. The van der Waals surface area contributed by atoms with E-state index in [2.05, 4.69) is 15.9 Å². The van der Waals surface area contributed by atoms with Crippen LogP contribution in [0.3, 0.4) is 0 Å². The summed E-state index contributed by atoms with van der Waals surface area (Å²) in [5, 5.41) is 0. The fourth-order valence-corrected chi connectivity index (χ4v) is 1.98. The van der Waals surface area contributed by atoms with Crippen LogP contribution in [0.5, 0.6) is 5.75 Å². The molecular formula is C12H12BrFO2. The summed E-state index contributed by atoms with van der Waals surface area (Å²) in [4.78, 5) is 11.3. The van der Waals surface area contributed by atoms with Gasteiger partial charge in [0.05, 0.1) is 5.41 Å². The van der Waals surface area contributed by atoms with Crippen molar-refractivity contribution in [3.05, 3.63) is 28.5 Å². The van der Waals surface area contributed by atoms with Crippen LogP contribution in [-0.2, 0) is 4.79 Å². The molecule has 0 bridgehead atoms. The summed E-state index contributed by atoms with van der Waals surface area (Å²) < 4.78 is 19.7. The summed E-state index contributed by atoms with van der Waals surface area (Å²) in [7, 11) is 0. The van der Waals surface area contributed by atoms with E-state index in [0.717, 1.165) is 0 Å². The Morgan fingerprint density at radius 3 is 2.69 bits per heavy atom. The van der Waals surface area contributed by atoms with Crippen molar-refractivity contribution in [2.75, 3.05) is 0 Å². The van der Waals surface area contributed by atoms with Gasteiger partial charge in [-0.3, -0.25) is 4.79 Å². The molecule has 0 aromatic heterocycles. The molecule has 2 rings (SSSR count). The van der Waals surface area contributed by atoms with E-state index in [9.17, 15) is 9.18 Å². The highest BCUT2D eigenvalue weighted by atomic mass is 79.9. The van der Waals surface area contributed by atoms with Crippen molar-refractivity contribution >= 4 is 21.7 Å². The minimum absolute atomic E-state index is 0.162. The molecule has 1 saturated carbocycles. The van der Waals surface area contributed by atoms with Crippen molar-refractivity contribution in [2.24, 2.45) is 5.41 Å². The minimum Gasteiger partial charge on any atom is -0.486 e. The first-order valence-corrected chi connectivity index (χ1v) is 5.85. The van der Waals surface area contributed by atoms with Gasteiger partial charge in [0.1, 0.15) is 11.9 Å². The smallest absolute Gasteiger partial charge is 0.166 e. The molecule has 0 spiro atoms. The molecule has 0 N–H and O–H groups in total. The van der Waals surface area contributed by atoms with Gasteiger partial charge in [-0.1, -0.05) is 15.9 Å². The summed E-state index contributed by atoms with van der Waals surface area (Å²) in [5.74, 6) is -0.0479. The molecule has 1 aliphatic carbocycles. The van der Waals surface area contributed by atoms with Gasteiger partial charge in [0.25, 0.3) is 0 Å². The zero-order valence-corrected chi connectivity index (χ0v) is 10.7. The van der Waals surface area contributed by atoms with Crippen LogP contribution in [0.1, 0.15) is 20.3 Å². The Bertz CT molecular complexity index is 443. The third kappa shape index (κ3) is 1.86. The first kappa shape index (κ1) is 11.6. The van der Waals surface area contributed by atoms with Crippen molar-refractivity contribution in [3.8, 4) is 5.75 Å². The second-order valence-corrected chi connectivity index (χ2v) is 5.45. The third-order valence-corrected chi connectivity index (χ3v) is 3.55. The number of benzene rings is 1. The number of ether oxygens (including phenoxy) is 1. The average molecular weight is 287 g/mol. The average Bonchev–Trinajstić information content (AvgIpc) is 2.21. The molecular weight excluding hydrogens is 275 g/mol. The molecule has 1 fully saturated rings. The summed E-state index contributed by atoms with van der Waals surface area (Å²) in [5.41, 5.74) is -0.500. The first-order valence-electron chi connectivity index (χ1n) is 5.06. The van der Waals surface area contributed by atoms with E-state index in [1.54, 1.807) is 12.1 Å². The molecule has 16 heavy (non-hydrogen) atoms. The number of rotatable bonds is 2. The van der Waals surface area contributed by atoms with Crippen molar-refractivity contribution in [1.29, 1.82) is 0 Å². The summed E-state index contributed by atoms with van der Waals surface area (Å²) >= 11 is 3.18. The Labute approximate surface area is 102 Å². The first-order chi connectivity index (χ1) is 7.41. The van der Waals surface area contributed by atoms with E-state index < -0.39 is 11.2 Å². The lowest BCUT2D eigenvalue weighted by molar-refractivity contribution is -0.148. The van der Waals surface area contributed by atoms with Crippen LogP contribution in [0, 0.1) is 11.2 Å². The molecule has 1 atom stereocenters. The molecule has 0 radical (unpaired) electrons. The molecule has 4 heteroatoms. The summed E-state index contributed by atoms with van der Waals surface area (Å²) in [6.07, 6.45) is 0.137. The van der Waals surface area contributed by atoms with Gasteiger partial charge in [-0.2, -0.15) is 0 Å². The number of Topliss-reactive ketones (excluding diaryl/α,β-unsaturated/α-hetero) is 1. The van der Waals surface area contributed by atoms with Crippen LogP contribution in [-0.4, -0.2) is 11.9 Å². The Kier molecular flexibility index (Phi) is 2.78. The molecule has 0 heterocycles. The van der Waals surface area contributed by atoms with Gasteiger partial charge in [0, 0.05) is 10.9 Å². The molecule has 1 aromatic carbocycles. The Morgan fingerprint density at radius 1 is 1.50 bits per heavy atom. The van der Waals surface area contributed by atoms with Gasteiger partial charge in [0.2, 0.25) is 0 Å². The van der Waals surface area contributed by atoms with Gasteiger partial charge in [0.15, 0.2) is 11.6 Å². The van der Waals surface area contributed by atoms with E-state index in [1.807, 2.05) is 13.8 Å². The zero-order chi connectivity index (χ0) is 11.9. The SMILES string of the molecule is CC1(C)C(=O)CC1Oc1ccc(Br)cc1F. The van der Waals surface area contributed by atoms with Crippen LogP contribution in [0.2, 0.25) is 0 Å².